The van der Waals surface area contributed by atoms with E-state index in [0.717, 1.165) is 0 Å². The van der Waals surface area contributed by atoms with Crippen molar-refractivity contribution >= 4 is 0 Å². The molecule has 0 amide bonds. The molecule has 0 aliphatic carbocycles. The molecule has 1 unspecified atom stereocenters. The van der Waals surface area contributed by atoms with Gasteiger partial charge in [-0.1, -0.05) is 31.2 Å². The van der Waals surface area contributed by atoms with Crippen molar-refractivity contribution in [2.24, 2.45) is 0 Å². The molecule has 1 aromatic rings. The van der Waals surface area contributed by atoms with Crippen molar-refractivity contribution in [3.63, 3.8) is 0 Å². The summed E-state index contributed by atoms with van der Waals surface area (Å²) in [7, 11) is 3.34. The van der Waals surface area contributed by atoms with Crippen LogP contribution in [0.4, 0.5) is 0 Å². The fourth-order valence-electron chi connectivity index (χ4n) is 1.75. The first-order chi connectivity index (χ1) is 6.70. The maximum Gasteiger partial charge on any atom is 0.163 e. The molecule has 1 aromatic carbocycles. The predicted molar refractivity (Wildman–Crippen MR) is 57.4 cm³/mol. The topological polar surface area (TPSA) is 18.5 Å². The minimum absolute atomic E-state index is 0.170. The number of rotatable bonds is 4. The number of hydrogen-bond donors (Lipinski definition) is 0. The van der Waals surface area contributed by atoms with Crippen molar-refractivity contribution in [2.45, 2.75) is 26.1 Å². The molecule has 0 N–H and O–H groups in total. The third-order valence-electron chi connectivity index (χ3n) is 2.55. The van der Waals surface area contributed by atoms with Gasteiger partial charge in [0.05, 0.1) is 0 Å². The Kier molecular flexibility index (Phi) is 4.11. The molecule has 0 aromatic heterocycles. The first kappa shape index (κ1) is 11.2. The largest absolute Gasteiger partial charge is 0.355 e. The summed E-state index contributed by atoms with van der Waals surface area (Å²) in [6.07, 6.45) is -0.170. The van der Waals surface area contributed by atoms with Gasteiger partial charge in [0.25, 0.3) is 0 Å². The maximum atomic E-state index is 5.25. The molecule has 0 aliphatic heterocycles. The molecule has 1 atom stereocenters. The Bertz CT molecular complexity index is 279. The van der Waals surface area contributed by atoms with Crippen molar-refractivity contribution in [2.75, 3.05) is 14.2 Å². The number of hydrogen-bond acceptors (Lipinski definition) is 2. The number of aryl methyl sites for hydroxylation is 1. The summed E-state index contributed by atoms with van der Waals surface area (Å²) in [5.74, 6) is 0.256. The summed E-state index contributed by atoms with van der Waals surface area (Å²) in [6.45, 7) is 4.22. The van der Waals surface area contributed by atoms with Gasteiger partial charge in [0.1, 0.15) is 0 Å². The number of ether oxygens (including phenoxy) is 2. The van der Waals surface area contributed by atoms with Gasteiger partial charge in [0.2, 0.25) is 0 Å². The molecule has 0 aliphatic rings. The lowest BCUT2D eigenvalue weighted by Gasteiger charge is -2.22. The normalized spacial score (nSPS) is 13.2. The van der Waals surface area contributed by atoms with Gasteiger partial charge in [-0.15, -0.1) is 0 Å². The summed E-state index contributed by atoms with van der Waals surface area (Å²) in [4.78, 5) is 0. The van der Waals surface area contributed by atoms with E-state index in [0.29, 0.717) is 0 Å². The van der Waals surface area contributed by atoms with Crippen LogP contribution in [0.25, 0.3) is 0 Å². The van der Waals surface area contributed by atoms with Crippen LogP contribution in [-0.2, 0) is 9.47 Å². The first-order valence-electron chi connectivity index (χ1n) is 4.81. The quantitative estimate of drug-likeness (QED) is 0.686. The van der Waals surface area contributed by atoms with Gasteiger partial charge in [-0.2, -0.15) is 0 Å². The van der Waals surface area contributed by atoms with E-state index in [2.05, 4.69) is 26.0 Å². The lowest BCUT2D eigenvalue weighted by molar-refractivity contribution is -0.115. The van der Waals surface area contributed by atoms with Gasteiger partial charge in [-0.05, 0) is 18.1 Å². The molecule has 0 bridgehead atoms. The Labute approximate surface area is 85.8 Å². The molecule has 0 radical (unpaired) electrons. The Morgan fingerprint density at radius 3 is 2.14 bits per heavy atom. The molecular formula is C12H18O2. The van der Waals surface area contributed by atoms with E-state index in [4.69, 9.17) is 9.47 Å². The minimum atomic E-state index is -0.170. The second-order valence-corrected chi connectivity index (χ2v) is 3.49. The van der Waals surface area contributed by atoms with Crippen LogP contribution in [0.15, 0.2) is 24.3 Å². The lowest BCUT2D eigenvalue weighted by atomic mass is 9.96. The van der Waals surface area contributed by atoms with Crippen LogP contribution in [0.1, 0.15) is 24.0 Å². The van der Waals surface area contributed by atoms with Crippen LogP contribution in [0.2, 0.25) is 0 Å². The second kappa shape index (κ2) is 5.13. The van der Waals surface area contributed by atoms with E-state index < -0.39 is 0 Å². The molecule has 2 heteroatoms. The molecule has 78 valence electrons. The molecule has 1 rings (SSSR count). The summed E-state index contributed by atoms with van der Waals surface area (Å²) >= 11 is 0. The highest BCUT2D eigenvalue weighted by atomic mass is 16.7. The molecule has 0 saturated heterocycles. The first-order valence-corrected chi connectivity index (χ1v) is 4.81. The zero-order valence-corrected chi connectivity index (χ0v) is 9.28. The Balaban J connectivity index is 2.88. The van der Waals surface area contributed by atoms with E-state index in [1.54, 1.807) is 14.2 Å². The highest BCUT2D eigenvalue weighted by Crippen LogP contribution is 2.24. The van der Waals surface area contributed by atoms with Crippen LogP contribution in [0.3, 0.4) is 0 Å². The van der Waals surface area contributed by atoms with Crippen molar-refractivity contribution in [1.82, 2.24) is 0 Å². The minimum Gasteiger partial charge on any atom is -0.355 e. The Morgan fingerprint density at radius 1 is 1.07 bits per heavy atom. The lowest BCUT2D eigenvalue weighted by Crippen LogP contribution is -2.21. The van der Waals surface area contributed by atoms with Crippen molar-refractivity contribution in [3.8, 4) is 0 Å². The van der Waals surface area contributed by atoms with Crippen LogP contribution in [0.5, 0.6) is 0 Å². The van der Waals surface area contributed by atoms with Crippen molar-refractivity contribution in [1.29, 1.82) is 0 Å². The third kappa shape index (κ3) is 2.34. The standard InChI is InChI=1S/C12H18O2/c1-9-7-5-6-8-11(9)10(2)12(13-3)14-4/h5-8,10,12H,1-4H3. The van der Waals surface area contributed by atoms with E-state index in [1.807, 2.05) is 12.1 Å². The van der Waals surface area contributed by atoms with Gasteiger partial charge in [0.15, 0.2) is 6.29 Å². The van der Waals surface area contributed by atoms with Gasteiger partial charge >= 0.3 is 0 Å². The summed E-state index contributed by atoms with van der Waals surface area (Å²) < 4.78 is 10.5. The van der Waals surface area contributed by atoms with E-state index in [-0.39, 0.29) is 12.2 Å². The van der Waals surface area contributed by atoms with Crippen LogP contribution in [0, 0.1) is 6.92 Å². The SMILES string of the molecule is COC(OC)C(C)c1ccccc1C. The summed E-state index contributed by atoms with van der Waals surface area (Å²) in [5, 5.41) is 0. The van der Waals surface area contributed by atoms with Gasteiger partial charge in [0, 0.05) is 20.1 Å². The van der Waals surface area contributed by atoms with Crippen LogP contribution >= 0.6 is 0 Å². The van der Waals surface area contributed by atoms with Crippen molar-refractivity contribution in [3.05, 3.63) is 35.4 Å². The predicted octanol–water partition coefficient (Wildman–Crippen LogP) is 2.72. The fourth-order valence-corrected chi connectivity index (χ4v) is 1.75. The highest BCUT2D eigenvalue weighted by molar-refractivity contribution is 5.29. The zero-order valence-electron chi connectivity index (χ0n) is 9.28. The van der Waals surface area contributed by atoms with Crippen LogP contribution < -0.4 is 0 Å². The summed E-state index contributed by atoms with van der Waals surface area (Å²) in [6, 6.07) is 8.31. The highest BCUT2D eigenvalue weighted by Gasteiger charge is 2.18. The zero-order chi connectivity index (χ0) is 10.6. The third-order valence-corrected chi connectivity index (χ3v) is 2.55. The van der Waals surface area contributed by atoms with Crippen molar-refractivity contribution < 1.29 is 9.47 Å². The van der Waals surface area contributed by atoms with E-state index >= 15 is 0 Å². The Hall–Kier alpha value is -0.860. The number of benzene rings is 1. The average Bonchev–Trinajstić information content (AvgIpc) is 2.20. The fraction of sp³-hybridized carbons (Fsp3) is 0.500. The molecule has 0 heterocycles. The molecular weight excluding hydrogens is 176 g/mol. The van der Waals surface area contributed by atoms with Gasteiger partial charge < -0.3 is 9.47 Å². The van der Waals surface area contributed by atoms with Gasteiger partial charge in [-0.3, -0.25) is 0 Å². The maximum absolute atomic E-state index is 5.25. The summed E-state index contributed by atoms with van der Waals surface area (Å²) in [5.41, 5.74) is 2.56. The molecule has 14 heavy (non-hydrogen) atoms. The van der Waals surface area contributed by atoms with Gasteiger partial charge in [-0.25, -0.2) is 0 Å². The average molecular weight is 194 g/mol. The smallest absolute Gasteiger partial charge is 0.163 e. The molecule has 0 spiro atoms. The monoisotopic (exact) mass is 194 g/mol. The van der Waals surface area contributed by atoms with E-state index in [1.165, 1.54) is 11.1 Å². The molecule has 0 fully saturated rings. The van der Waals surface area contributed by atoms with Crippen LogP contribution in [-0.4, -0.2) is 20.5 Å². The number of methoxy groups -OCH3 is 2. The molecule has 2 nitrogen and oxygen atoms in total. The molecule has 0 saturated carbocycles. The Morgan fingerprint density at radius 2 is 1.64 bits per heavy atom. The van der Waals surface area contributed by atoms with E-state index in [9.17, 15) is 0 Å². The second-order valence-electron chi connectivity index (χ2n) is 3.49.